The Balaban J connectivity index is 1.78. The molecule has 1 aliphatic carbocycles. The fourth-order valence-corrected chi connectivity index (χ4v) is 4.41. The summed E-state index contributed by atoms with van der Waals surface area (Å²) >= 11 is 0. The van der Waals surface area contributed by atoms with Crippen molar-refractivity contribution in [2.24, 2.45) is 5.92 Å². The number of rotatable bonds is 9. The Bertz CT molecular complexity index is 889. The molecule has 31 heavy (non-hydrogen) atoms. The molecular formula is C25H30N2O4. The van der Waals surface area contributed by atoms with Gasteiger partial charge in [0.25, 0.3) is 5.91 Å². The van der Waals surface area contributed by atoms with E-state index in [1.165, 1.54) is 12.5 Å². The molecule has 0 heterocycles. The summed E-state index contributed by atoms with van der Waals surface area (Å²) in [5.74, 6) is -1.30. The van der Waals surface area contributed by atoms with Crippen LogP contribution in [-0.4, -0.2) is 27.7 Å². The van der Waals surface area contributed by atoms with Crippen LogP contribution in [0.25, 0.3) is 6.08 Å². The normalized spacial score (nSPS) is 16.7. The van der Waals surface area contributed by atoms with Gasteiger partial charge in [-0.1, -0.05) is 73.9 Å². The topological polar surface area (TPSA) is 98.7 Å². The van der Waals surface area contributed by atoms with E-state index in [1.54, 1.807) is 11.6 Å². The number of carbonyl (C=O) groups is 2. The third kappa shape index (κ3) is 6.03. The molecule has 1 fully saturated rings. The number of hydroxylamine groups is 1. The molecule has 0 bridgehead atoms. The second-order valence-corrected chi connectivity index (χ2v) is 8.18. The summed E-state index contributed by atoms with van der Waals surface area (Å²) in [5.41, 5.74) is 3.34. The highest BCUT2D eigenvalue weighted by Gasteiger charge is 2.45. The molecule has 0 aromatic heterocycles. The zero-order valence-corrected chi connectivity index (χ0v) is 17.6. The summed E-state index contributed by atoms with van der Waals surface area (Å²) in [5, 5.41) is 22.4. The molecule has 0 saturated heterocycles. The summed E-state index contributed by atoms with van der Waals surface area (Å²) < 4.78 is 0. The first-order valence-corrected chi connectivity index (χ1v) is 10.8. The first-order chi connectivity index (χ1) is 15.0. The largest absolute Gasteiger partial charge is 0.480 e. The quantitative estimate of drug-likeness (QED) is 0.279. The van der Waals surface area contributed by atoms with E-state index in [-0.39, 0.29) is 5.92 Å². The molecule has 164 valence electrons. The Kier molecular flexibility index (Phi) is 7.98. The second-order valence-electron chi connectivity index (χ2n) is 8.18. The first-order valence-electron chi connectivity index (χ1n) is 10.8. The number of hydrogen-bond donors (Lipinski definition) is 4. The highest BCUT2D eigenvalue weighted by Crippen LogP contribution is 2.35. The third-order valence-electron chi connectivity index (χ3n) is 6.13. The highest BCUT2D eigenvalue weighted by atomic mass is 16.5. The van der Waals surface area contributed by atoms with Crippen molar-refractivity contribution in [3.05, 3.63) is 77.4 Å². The fourth-order valence-electron chi connectivity index (χ4n) is 4.41. The predicted molar refractivity (Wildman–Crippen MR) is 119 cm³/mol. The van der Waals surface area contributed by atoms with E-state index in [2.05, 4.69) is 5.32 Å². The van der Waals surface area contributed by atoms with Gasteiger partial charge in [0, 0.05) is 19.0 Å². The molecule has 4 N–H and O–H groups in total. The Morgan fingerprint density at radius 1 is 0.968 bits per heavy atom. The Hall–Kier alpha value is -2.96. The minimum atomic E-state index is -1.01. The van der Waals surface area contributed by atoms with Gasteiger partial charge in [0.05, 0.1) is 0 Å². The molecule has 6 nitrogen and oxygen atoms in total. The lowest BCUT2D eigenvalue weighted by atomic mass is 9.71. The smallest absolute Gasteiger partial charge is 0.324 e. The minimum absolute atomic E-state index is 0.0816. The average molecular weight is 423 g/mol. The van der Waals surface area contributed by atoms with Gasteiger partial charge in [-0.2, -0.15) is 0 Å². The Labute approximate surface area is 183 Å². The Morgan fingerprint density at radius 2 is 1.65 bits per heavy atom. The summed E-state index contributed by atoms with van der Waals surface area (Å²) in [6.45, 7) is 0.441. The van der Waals surface area contributed by atoms with Gasteiger partial charge >= 0.3 is 5.97 Å². The van der Waals surface area contributed by atoms with E-state index >= 15 is 0 Å². The maximum Gasteiger partial charge on any atom is 0.324 e. The van der Waals surface area contributed by atoms with Gasteiger partial charge in [0.15, 0.2) is 0 Å². The van der Waals surface area contributed by atoms with E-state index < -0.39 is 17.4 Å². The van der Waals surface area contributed by atoms with Crippen LogP contribution in [0, 0.1) is 5.92 Å². The van der Waals surface area contributed by atoms with Crippen LogP contribution < -0.4 is 10.8 Å². The molecule has 3 rings (SSSR count). The predicted octanol–water partition coefficient (Wildman–Crippen LogP) is 3.94. The van der Waals surface area contributed by atoms with Crippen molar-refractivity contribution in [3.8, 4) is 0 Å². The van der Waals surface area contributed by atoms with E-state index in [9.17, 15) is 14.7 Å². The monoisotopic (exact) mass is 422 g/mol. The number of hydrogen-bond acceptors (Lipinski definition) is 4. The van der Waals surface area contributed by atoms with Crippen molar-refractivity contribution < 1.29 is 19.9 Å². The number of carboxylic acids is 1. The molecule has 0 radical (unpaired) electrons. The van der Waals surface area contributed by atoms with Gasteiger partial charge in [-0.05, 0) is 41.5 Å². The molecule has 1 amide bonds. The summed E-state index contributed by atoms with van der Waals surface area (Å²) in [4.78, 5) is 23.8. The first kappa shape index (κ1) is 22.7. The van der Waals surface area contributed by atoms with Gasteiger partial charge in [-0.15, -0.1) is 0 Å². The SMILES string of the molecule is O=C(C=Cc1ccc(CN[C@](Cc2ccccc2)(C(=O)O)C2CCCCC2)cc1)NO. The molecule has 1 saturated carbocycles. The van der Waals surface area contributed by atoms with E-state index in [4.69, 9.17) is 5.21 Å². The fraction of sp³-hybridized carbons (Fsp3) is 0.360. The van der Waals surface area contributed by atoms with E-state index in [0.29, 0.717) is 13.0 Å². The summed E-state index contributed by atoms with van der Waals surface area (Å²) in [6.07, 6.45) is 8.43. The van der Waals surface area contributed by atoms with Crippen molar-refractivity contribution in [1.82, 2.24) is 10.8 Å². The van der Waals surface area contributed by atoms with E-state index in [1.807, 2.05) is 54.6 Å². The number of carboxylic acid groups (broad SMARTS) is 1. The molecule has 2 aromatic carbocycles. The van der Waals surface area contributed by atoms with Gasteiger partial charge in [-0.3, -0.25) is 20.1 Å². The van der Waals surface area contributed by atoms with Crippen molar-refractivity contribution >= 4 is 18.0 Å². The maximum absolute atomic E-state index is 12.6. The third-order valence-corrected chi connectivity index (χ3v) is 6.13. The van der Waals surface area contributed by atoms with Gasteiger partial charge in [0.1, 0.15) is 5.54 Å². The molecule has 6 heteroatoms. The lowest BCUT2D eigenvalue weighted by Crippen LogP contribution is -2.59. The lowest BCUT2D eigenvalue weighted by Gasteiger charge is -2.40. The van der Waals surface area contributed by atoms with Crippen molar-refractivity contribution in [1.29, 1.82) is 0 Å². The van der Waals surface area contributed by atoms with Crippen LogP contribution in [0.3, 0.4) is 0 Å². The minimum Gasteiger partial charge on any atom is -0.480 e. The molecular weight excluding hydrogens is 392 g/mol. The number of benzene rings is 2. The van der Waals surface area contributed by atoms with Crippen LogP contribution >= 0.6 is 0 Å². The molecule has 1 aliphatic rings. The van der Waals surface area contributed by atoms with Crippen molar-refractivity contribution in [3.63, 3.8) is 0 Å². The van der Waals surface area contributed by atoms with Crippen LogP contribution in [0.1, 0.15) is 48.8 Å². The number of amides is 1. The molecule has 1 atom stereocenters. The second kappa shape index (κ2) is 10.9. The van der Waals surface area contributed by atoms with Gasteiger partial charge in [0.2, 0.25) is 0 Å². The van der Waals surface area contributed by atoms with Gasteiger partial charge in [-0.25, -0.2) is 5.48 Å². The van der Waals surface area contributed by atoms with E-state index in [0.717, 1.165) is 42.4 Å². The number of carbonyl (C=O) groups excluding carboxylic acids is 1. The van der Waals surface area contributed by atoms with Crippen molar-refractivity contribution in [2.45, 2.75) is 50.6 Å². The lowest BCUT2D eigenvalue weighted by molar-refractivity contribution is -0.148. The average Bonchev–Trinajstić information content (AvgIpc) is 2.82. The standard InChI is InChI=1S/C25H30N2O4/c28-23(27-31)16-15-19-11-13-21(14-12-19)18-26-25(24(29)30,22-9-5-2-6-10-22)17-20-7-3-1-4-8-20/h1,3-4,7-8,11-16,22,26,31H,2,5-6,9-10,17-18H2,(H,27,28)(H,29,30)/t25-/m0/s1. The molecule has 2 aromatic rings. The zero-order chi connectivity index (χ0) is 22.1. The molecule has 0 unspecified atom stereocenters. The number of nitrogens with one attached hydrogen (secondary N) is 2. The zero-order valence-electron chi connectivity index (χ0n) is 17.6. The van der Waals surface area contributed by atoms with Crippen LogP contribution in [0.2, 0.25) is 0 Å². The van der Waals surface area contributed by atoms with Crippen LogP contribution in [-0.2, 0) is 22.6 Å². The summed E-state index contributed by atoms with van der Waals surface area (Å²) in [7, 11) is 0. The highest BCUT2D eigenvalue weighted by molar-refractivity contribution is 5.90. The van der Waals surface area contributed by atoms with Crippen LogP contribution in [0.15, 0.2) is 60.7 Å². The van der Waals surface area contributed by atoms with Crippen LogP contribution in [0.4, 0.5) is 0 Å². The number of aliphatic carboxylic acids is 1. The Morgan fingerprint density at radius 3 is 2.26 bits per heavy atom. The van der Waals surface area contributed by atoms with Gasteiger partial charge < -0.3 is 5.11 Å². The van der Waals surface area contributed by atoms with Crippen molar-refractivity contribution in [2.75, 3.05) is 0 Å². The van der Waals surface area contributed by atoms with Crippen LogP contribution in [0.5, 0.6) is 0 Å². The summed E-state index contributed by atoms with van der Waals surface area (Å²) in [6, 6.07) is 17.4. The maximum atomic E-state index is 12.6. The molecule has 0 spiro atoms. The molecule has 0 aliphatic heterocycles.